The predicted molar refractivity (Wildman–Crippen MR) is 54.2 cm³/mol. The summed E-state index contributed by atoms with van der Waals surface area (Å²) in [6, 6.07) is 8.89. The Balaban J connectivity index is 3.09. The summed E-state index contributed by atoms with van der Waals surface area (Å²) < 4.78 is 22.2. The molecule has 1 aromatic rings. The van der Waals surface area contributed by atoms with Gasteiger partial charge >= 0.3 is 5.17 Å². The molecule has 0 bridgehead atoms. The van der Waals surface area contributed by atoms with Crippen LogP contribution >= 0.6 is 0 Å². The maximum absolute atomic E-state index is 11.1. The Kier molecular flexibility index (Phi) is 3.21. The largest absolute Gasteiger partial charge is 0.384 e. The van der Waals surface area contributed by atoms with Crippen LogP contribution in [0.3, 0.4) is 0 Å². The molecule has 0 radical (unpaired) electrons. The number of nitrogens with one attached hydrogen (secondary N) is 2. The van der Waals surface area contributed by atoms with Crippen molar-refractivity contribution >= 4 is 20.7 Å². The standard InChI is InChI=1S/C8H11N3O2S/c1-14(12,13)8(11-9)10-7-5-3-2-4-6-7/h2-6H,9H2,1H3,(H,10,11)/p+1. The van der Waals surface area contributed by atoms with Crippen molar-refractivity contribution in [3.63, 3.8) is 0 Å². The van der Waals surface area contributed by atoms with Gasteiger partial charge in [-0.15, -0.1) is 0 Å². The first-order chi connectivity index (χ1) is 6.54. The molecule has 0 saturated carbocycles. The fourth-order valence-corrected chi connectivity index (χ4v) is 1.41. The lowest BCUT2D eigenvalue weighted by Crippen LogP contribution is -2.73. The maximum Gasteiger partial charge on any atom is 0.384 e. The summed E-state index contributed by atoms with van der Waals surface area (Å²) in [5, 5.41) is -0.122. The summed E-state index contributed by atoms with van der Waals surface area (Å²) in [5.41, 5.74) is 2.77. The molecule has 14 heavy (non-hydrogen) atoms. The van der Waals surface area contributed by atoms with Gasteiger partial charge in [0, 0.05) is 0 Å². The topological polar surface area (TPSA) is 86.2 Å². The molecule has 5 nitrogen and oxygen atoms in total. The molecule has 0 amide bonds. The Labute approximate surface area is 82.5 Å². The summed E-state index contributed by atoms with van der Waals surface area (Å²) >= 11 is 0. The molecule has 1 aromatic carbocycles. The molecule has 1 rings (SSSR count). The lowest BCUT2D eigenvalue weighted by Gasteiger charge is -1.95. The predicted octanol–water partition coefficient (Wildman–Crippen LogP) is -1.74. The van der Waals surface area contributed by atoms with Crippen molar-refractivity contribution < 1.29 is 13.4 Å². The summed E-state index contributed by atoms with van der Waals surface area (Å²) in [4.78, 5) is 2.66. The first-order valence-electron chi connectivity index (χ1n) is 3.90. The van der Waals surface area contributed by atoms with Crippen molar-refractivity contribution in [3.8, 4) is 0 Å². The lowest BCUT2D eigenvalue weighted by atomic mass is 10.3. The van der Waals surface area contributed by atoms with Crippen LogP contribution in [-0.2, 0) is 9.84 Å². The number of hydrogen-bond acceptors (Lipinski definition) is 3. The van der Waals surface area contributed by atoms with Gasteiger partial charge in [0.1, 0.15) is 5.69 Å². The second-order valence-electron chi connectivity index (χ2n) is 2.74. The van der Waals surface area contributed by atoms with Crippen molar-refractivity contribution in [2.75, 3.05) is 6.26 Å². The van der Waals surface area contributed by atoms with Gasteiger partial charge in [-0.05, 0) is 12.1 Å². The number of hydrogen-bond donors (Lipinski definition) is 3. The summed E-state index contributed by atoms with van der Waals surface area (Å²) in [5.74, 6) is 5.08. The monoisotopic (exact) mass is 214 g/mol. The van der Waals surface area contributed by atoms with Crippen LogP contribution < -0.4 is 16.3 Å². The van der Waals surface area contributed by atoms with Gasteiger partial charge in [-0.3, -0.25) is 0 Å². The second kappa shape index (κ2) is 4.21. The molecular formula is C8H12N3O2S+. The zero-order valence-electron chi connectivity index (χ0n) is 7.69. The van der Waals surface area contributed by atoms with Crippen LogP contribution in [0.5, 0.6) is 0 Å². The molecule has 0 aliphatic heterocycles. The zero-order chi connectivity index (χ0) is 10.6. The summed E-state index contributed by atoms with van der Waals surface area (Å²) in [7, 11) is -3.34. The van der Waals surface area contributed by atoms with E-state index in [-0.39, 0.29) is 5.17 Å². The molecule has 4 N–H and O–H groups in total. The van der Waals surface area contributed by atoms with Crippen LogP contribution in [0.15, 0.2) is 30.3 Å². The third-order valence-electron chi connectivity index (χ3n) is 1.53. The van der Waals surface area contributed by atoms with Crippen LogP contribution in [-0.4, -0.2) is 19.8 Å². The van der Waals surface area contributed by atoms with E-state index < -0.39 is 9.84 Å². The minimum absolute atomic E-state index is 0.122. The molecule has 6 heteroatoms. The van der Waals surface area contributed by atoms with E-state index in [1.807, 2.05) is 6.07 Å². The van der Waals surface area contributed by atoms with Crippen LogP contribution in [0.2, 0.25) is 0 Å². The Morgan fingerprint density at radius 1 is 1.36 bits per heavy atom. The van der Waals surface area contributed by atoms with E-state index in [0.29, 0.717) is 5.69 Å². The van der Waals surface area contributed by atoms with Gasteiger partial charge in [0.25, 0.3) is 9.84 Å². The number of benzene rings is 1. The molecule has 0 heterocycles. The molecule has 0 saturated heterocycles. The molecule has 0 aromatic heterocycles. The highest BCUT2D eigenvalue weighted by Gasteiger charge is 2.18. The van der Waals surface area contributed by atoms with E-state index in [9.17, 15) is 8.42 Å². The fraction of sp³-hybridized carbons (Fsp3) is 0.125. The first kappa shape index (κ1) is 10.7. The van der Waals surface area contributed by atoms with E-state index in [1.165, 1.54) is 0 Å². The fourth-order valence-electron chi connectivity index (χ4n) is 0.888. The van der Waals surface area contributed by atoms with Gasteiger partial charge in [-0.1, -0.05) is 18.2 Å². The minimum atomic E-state index is -3.34. The van der Waals surface area contributed by atoms with Crippen molar-refractivity contribution in [1.29, 1.82) is 0 Å². The van der Waals surface area contributed by atoms with Crippen molar-refractivity contribution in [3.05, 3.63) is 30.3 Å². The van der Waals surface area contributed by atoms with E-state index in [2.05, 4.69) is 10.4 Å². The quantitative estimate of drug-likeness (QED) is 0.224. The Morgan fingerprint density at radius 2 is 1.93 bits per heavy atom. The molecule has 0 spiro atoms. The number of amidine groups is 1. The molecule has 0 aliphatic carbocycles. The molecule has 0 fully saturated rings. The average molecular weight is 214 g/mol. The van der Waals surface area contributed by atoms with Gasteiger partial charge in [-0.25, -0.2) is 13.4 Å². The Bertz CT molecular complexity index is 425. The molecular weight excluding hydrogens is 202 g/mol. The highest BCUT2D eigenvalue weighted by Crippen LogP contribution is 1.95. The number of para-hydroxylation sites is 1. The van der Waals surface area contributed by atoms with Crippen molar-refractivity contribution in [1.82, 2.24) is 5.43 Å². The average Bonchev–Trinajstić information content (AvgIpc) is 2.14. The van der Waals surface area contributed by atoms with Crippen LogP contribution in [0.25, 0.3) is 0 Å². The zero-order valence-corrected chi connectivity index (χ0v) is 8.51. The van der Waals surface area contributed by atoms with Gasteiger partial charge in [0.2, 0.25) is 0 Å². The van der Waals surface area contributed by atoms with Gasteiger partial charge < -0.3 is 0 Å². The Morgan fingerprint density at radius 3 is 2.36 bits per heavy atom. The van der Waals surface area contributed by atoms with Crippen molar-refractivity contribution in [2.45, 2.75) is 0 Å². The maximum atomic E-state index is 11.1. The molecule has 0 aliphatic rings. The molecule has 0 atom stereocenters. The van der Waals surface area contributed by atoms with Crippen LogP contribution in [0.4, 0.5) is 5.69 Å². The highest BCUT2D eigenvalue weighted by atomic mass is 32.2. The minimum Gasteiger partial charge on any atom is -0.230 e. The summed E-state index contributed by atoms with van der Waals surface area (Å²) in [6.45, 7) is 0. The Hall–Kier alpha value is -1.40. The molecule has 0 unspecified atom stereocenters. The third kappa shape index (κ3) is 2.82. The van der Waals surface area contributed by atoms with Gasteiger partial charge in [-0.2, -0.15) is 11.3 Å². The van der Waals surface area contributed by atoms with E-state index in [0.717, 1.165) is 6.26 Å². The van der Waals surface area contributed by atoms with Crippen LogP contribution in [0, 0.1) is 0 Å². The van der Waals surface area contributed by atoms with Gasteiger partial charge in [0.05, 0.1) is 6.26 Å². The second-order valence-corrected chi connectivity index (χ2v) is 4.69. The molecule has 76 valence electrons. The van der Waals surface area contributed by atoms with Crippen LogP contribution in [0.1, 0.15) is 0 Å². The number of rotatable bonds is 1. The van der Waals surface area contributed by atoms with Gasteiger partial charge in [0.15, 0.2) is 0 Å². The SMILES string of the molecule is CS(=O)(=O)C(NN)=[NH+]c1ccccc1. The van der Waals surface area contributed by atoms with E-state index in [4.69, 9.17) is 5.84 Å². The first-order valence-corrected chi connectivity index (χ1v) is 5.79. The number of sulfone groups is 1. The van der Waals surface area contributed by atoms with E-state index in [1.54, 1.807) is 24.3 Å². The highest BCUT2D eigenvalue weighted by molar-refractivity contribution is 8.05. The number of hydrazine groups is 1. The normalized spacial score (nSPS) is 12.6. The smallest absolute Gasteiger partial charge is 0.230 e. The van der Waals surface area contributed by atoms with E-state index >= 15 is 0 Å². The summed E-state index contributed by atoms with van der Waals surface area (Å²) in [6.07, 6.45) is 1.07. The van der Waals surface area contributed by atoms with Crippen molar-refractivity contribution in [2.24, 2.45) is 5.84 Å². The lowest BCUT2D eigenvalue weighted by molar-refractivity contribution is -0.353. The third-order valence-corrected chi connectivity index (χ3v) is 2.50. The number of nitrogens with two attached hydrogens (primary N) is 1.